The molecule has 0 bridgehead atoms. The van der Waals surface area contributed by atoms with E-state index in [0.29, 0.717) is 10.8 Å². The van der Waals surface area contributed by atoms with Crippen LogP contribution in [0.5, 0.6) is 0 Å². The molecule has 0 unspecified atom stereocenters. The molecule has 4 nitrogen and oxygen atoms in total. The van der Waals surface area contributed by atoms with Gasteiger partial charge in [0, 0.05) is 22.7 Å². The molecule has 2 aromatic carbocycles. The van der Waals surface area contributed by atoms with Gasteiger partial charge in [-0.1, -0.05) is 42.5 Å². The van der Waals surface area contributed by atoms with Gasteiger partial charge in [0.05, 0.1) is 5.69 Å². The number of nitrogens with one attached hydrogen (secondary N) is 1. The quantitative estimate of drug-likeness (QED) is 0.563. The van der Waals surface area contributed by atoms with Gasteiger partial charge in [0.15, 0.2) is 5.13 Å². The van der Waals surface area contributed by atoms with Crippen LogP contribution in [0.4, 0.5) is 10.8 Å². The molecule has 0 saturated heterocycles. The number of nitrogens with two attached hydrogens (primary N) is 1. The van der Waals surface area contributed by atoms with Crippen molar-refractivity contribution in [1.29, 1.82) is 0 Å². The highest BCUT2D eigenvalue weighted by atomic mass is 32.1. The first-order valence-electron chi connectivity index (χ1n) is 7.06. The summed E-state index contributed by atoms with van der Waals surface area (Å²) in [6.07, 6.45) is 3.26. The molecule has 0 fully saturated rings. The van der Waals surface area contributed by atoms with Gasteiger partial charge in [-0.2, -0.15) is 0 Å². The summed E-state index contributed by atoms with van der Waals surface area (Å²) in [7, 11) is 0. The Morgan fingerprint density at radius 3 is 2.74 bits per heavy atom. The van der Waals surface area contributed by atoms with Gasteiger partial charge in [-0.25, -0.2) is 4.98 Å². The zero-order valence-corrected chi connectivity index (χ0v) is 13.1. The topological polar surface area (TPSA) is 68.0 Å². The van der Waals surface area contributed by atoms with Gasteiger partial charge in [0.1, 0.15) is 0 Å². The van der Waals surface area contributed by atoms with E-state index in [9.17, 15) is 4.79 Å². The number of aromatic nitrogens is 1. The van der Waals surface area contributed by atoms with Gasteiger partial charge in [-0.15, -0.1) is 11.3 Å². The molecule has 0 saturated carbocycles. The number of hydrogen-bond donors (Lipinski definition) is 2. The minimum atomic E-state index is -0.206. The van der Waals surface area contributed by atoms with Gasteiger partial charge in [0.25, 0.3) is 0 Å². The lowest BCUT2D eigenvalue weighted by Crippen LogP contribution is -2.07. The largest absolute Gasteiger partial charge is 0.399 e. The highest BCUT2D eigenvalue weighted by Crippen LogP contribution is 2.26. The van der Waals surface area contributed by atoms with E-state index in [-0.39, 0.29) is 5.91 Å². The predicted octanol–water partition coefficient (Wildman–Crippen LogP) is 4.04. The molecule has 5 heteroatoms. The van der Waals surface area contributed by atoms with Crippen molar-refractivity contribution in [2.24, 2.45) is 0 Å². The average Bonchev–Trinajstić information content (AvgIpc) is 3.02. The lowest BCUT2D eigenvalue weighted by atomic mass is 10.1. The van der Waals surface area contributed by atoms with Gasteiger partial charge in [0.2, 0.25) is 5.91 Å². The van der Waals surface area contributed by atoms with Gasteiger partial charge in [-0.05, 0) is 23.8 Å². The first kappa shape index (κ1) is 15.0. The van der Waals surface area contributed by atoms with Crippen LogP contribution in [0, 0.1) is 0 Å². The molecular formula is C18H15N3OS. The monoisotopic (exact) mass is 321 g/mol. The number of amides is 1. The van der Waals surface area contributed by atoms with E-state index in [1.54, 1.807) is 6.08 Å². The zero-order chi connectivity index (χ0) is 16.1. The molecule has 0 atom stereocenters. The van der Waals surface area contributed by atoms with E-state index in [0.717, 1.165) is 16.8 Å². The lowest BCUT2D eigenvalue weighted by Gasteiger charge is -1.98. The van der Waals surface area contributed by atoms with Gasteiger partial charge >= 0.3 is 0 Å². The van der Waals surface area contributed by atoms with E-state index in [1.165, 1.54) is 17.4 Å². The number of hydrogen-bond acceptors (Lipinski definition) is 4. The number of rotatable bonds is 4. The molecule has 3 rings (SSSR count). The van der Waals surface area contributed by atoms with Gasteiger partial charge < -0.3 is 5.73 Å². The van der Waals surface area contributed by atoms with Crippen LogP contribution in [0.2, 0.25) is 0 Å². The molecule has 3 N–H and O–H groups in total. The summed E-state index contributed by atoms with van der Waals surface area (Å²) in [4.78, 5) is 16.3. The summed E-state index contributed by atoms with van der Waals surface area (Å²) < 4.78 is 0. The lowest BCUT2D eigenvalue weighted by molar-refractivity contribution is -0.111. The normalized spacial score (nSPS) is 10.8. The Hall–Kier alpha value is -2.92. The van der Waals surface area contributed by atoms with Crippen LogP contribution in [0.25, 0.3) is 17.3 Å². The number of nitrogens with zero attached hydrogens (tertiary/aromatic N) is 1. The van der Waals surface area contributed by atoms with Crippen molar-refractivity contribution in [3.8, 4) is 11.3 Å². The molecule has 0 aliphatic heterocycles. The molecule has 0 aliphatic carbocycles. The summed E-state index contributed by atoms with van der Waals surface area (Å²) in [5.41, 5.74) is 9.16. The SMILES string of the molecule is Nc1cccc(-c2csc(NC(=O)/C=C/c3ccccc3)n2)c1. The van der Waals surface area contributed by atoms with Crippen LogP contribution < -0.4 is 11.1 Å². The molecule has 23 heavy (non-hydrogen) atoms. The van der Waals surface area contributed by atoms with Crippen LogP contribution in [-0.4, -0.2) is 10.9 Å². The van der Waals surface area contributed by atoms with Crippen molar-refractivity contribution in [2.75, 3.05) is 11.1 Å². The van der Waals surface area contributed by atoms with Crippen LogP contribution in [0.3, 0.4) is 0 Å². The fourth-order valence-corrected chi connectivity index (χ4v) is 2.77. The Bertz CT molecular complexity index is 840. The maximum atomic E-state index is 11.9. The summed E-state index contributed by atoms with van der Waals surface area (Å²) in [5, 5.41) is 5.22. The Balaban J connectivity index is 1.67. The highest BCUT2D eigenvalue weighted by molar-refractivity contribution is 7.14. The summed E-state index contributed by atoms with van der Waals surface area (Å²) >= 11 is 1.38. The highest BCUT2D eigenvalue weighted by Gasteiger charge is 2.06. The standard InChI is InChI=1S/C18H15N3OS/c19-15-8-4-7-14(11-15)16-12-23-18(20-16)21-17(22)10-9-13-5-2-1-3-6-13/h1-12H,19H2,(H,20,21,22)/b10-9+. The molecular weight excluding hydrogens is 306 g/mol. The van der Waals surface area contributed by atoms with Crippen molar-refractivity contribution in [2.45, 2.75) is 0 Å². The third-order valence-electron chi connectivity index (χ3n) is 3.14. The molecule has 1 amide bonds. The molecule has 114 valence electrons. The van der Waals surface area contributed by atoms with Crippen molar-refractivity contribution < 1.29 is 4.79 Å². The van der Waals surface area contributed by atoms with Crippen molar-refractivity contribution in [3.05, 3.63) is 71.6 Å². The minimum absolute atomic E-state index is 0.206. The van der Waals surface area contributed by atoms with Crippen LogP contribution >= 0.6 is 11.3 Å². The van der Waals surface area contributed by atoms with E-state index in [1.807, 2.05) is 60.0 Å². The average molecular weight is 321 g/mol. The predicted molar refractivity (Wildman–Crippen MR) is 96.1 cm³/mol. The number of benzene rings is 2. The summed E-state index contributed by atoms with van der Waals surface area (Å²) in [6.45, 7) is 0. The molecule has 3 aromatic rings. The van der Waals surface area contributed by atoms with E-state index < -0.39 is 0 Å². The molecule has 1 heterocycles. The van der Waals surface area contributed by atoms with E-state index in [2.05, 4.69) is 10.3 Å². The second kappa shape index (κ2) is 6.89. The Morgan fingerprint density at radius 1 is 1.13 bits per heavy atom. The fourth-order valence-electron chi connectivity index (χ4n) is 2.04. The first-order chi connectivity index (χ1) is 11.2. The van der Waals surface area contributed by atoms with E-state index in [4.69, 9.17) is 5.73 Å². The first-order valence-corrected chi connectivity index (χ1v) is 7.94. The Morgan fingerprint density at radius 2 is 1.96 bits per heavy atom. The molecule has 0 spiro atoms. The second-order valence-electron chi connectivity index (χ2n) is 4.90. The molecule has 0 aliphatic rings. The third kappa shape index (κ3) is 4.05. The molecule has 0 radical (unpaired) electrons. The Kier molecular flexibility index (Phi) is 4.49. The smallest absolute Gasteiger partial charge is 0.250 e. The van der Waals surface area contributed by atoms with Crippen LogP contribution in [0.1, 0.15) is 5.56 Å². The number of thiazole rings is 1. The second-order valence-corrected chi connectivity index (χ2v) is 5.75. The Labute approximate surface area is 138 Å². The van der Waals surface area contributed by atoms with Crippen molar-refractivity contribution >= 4 is 34.1 Å². The number of anilines is 2. The molecule has 1 aromatic heterocycles. The third-order valence-corrected chi connectivity index (χ3v) is 3.90. The van der Waals surface area contributed by atoms with E-state index >= 15 is 0 Å². The summed E-state index contributed by atoms with van der Waals surface area (Å²) in [6, 6.07) is 17.2. The number of carbonyl (C=O) groups is 1. The van der Waals surface area contributed by atoms with Gasteiger partial charge in [-0.3, -0.25) is 10.1 Å². The fraction of sp³-hybridized carbons (Fsp3) is 0. The minimum Gasteiger partial charge on any atom is -0.399 e. The maximum absolute atomic E-state index is 11.9. The maximum Gasteiger partial charge on any atom is 0.250 e. The van der Waals surface area contributed by atoms with Crippen LogP contribution in [-0.2, 0) is 4.79 Å². The number of nitrogen functional groups attached to an aromatic ring is 1. The van der Waals surface area contributed by atoms with Crippen molar-refractivity contribution in [1.82, 2.24) is 4.98 Å². The van der Waals surface area contributed by atoms with Crippen molar-refractivity contribution in [3.63, 3.8) is 0 Å². The summed E-state index contributed by atoms with van der Waals surface area (Å²) in [5.74, 6) is -0.206. The van der Waals surface area contributed by atoms with Crippen LogP contribution in [0.15, 0.2) is 66.1 Å². The zero-order valence-electron chi connectivity index (χ0n) is 12.3. The number of carbonyl (C=O) groups excluding carboxylic acids is 1.